The van der Waals surface area contributed by atoms with Crippen molar-refractivity contribution in [2.24, 2.45) is 0 Å². The van der Waals surface area contributed by atoms with Crippen molar-refractivity contribution >= 4 is 5.69 Å². The number of nitrogens with two attached hydrogens (primary N) is 1. The summed E-state index contributed by atoms with van der Waals surface area (Å²) in [6, 6.07) is 11.3. The highest BCUT2D eigenvalue weighted by Gasteiger charge is 2.34. The molecule has 0 heterocycles. The lowest BCUT2D eigenvalue weighted by Gasteiger charge is -2.16. The zero-order chi connectivity index (χ0) is 15.5. The van der Waals surface area contributed by atoms with Crippen LogP contribution in [0.5, 0.6) is 5.75 Å². The lowest BCUT2D eigenvalue weighted by atomic mass is 10.1. The minimum atomic E-state index is -4.50. The molecule has 2 aromatic carbocycles. The van der Waals surface area contributed by atoms with E-state index < -0.39 is 17.8 Å². The molecule has 0 aromatic heterocycles. The molecule has 0 saturated carbocycles. The predicted molar refractivity (Wildman–Crippen MR) is 72.8 cm³/mol. The van der Waals surface area contributed by atoms with E-state index >= 15 is 0 Å². The molecule has 0 radical (unpaired) electrons. The molecule has 2 rings (SSSR count). The van der Waals surface area contributed by atoms with Crippen LogP contribution in [0.15, 0.2) is 48.5 Å². The summed E-state index contributed by atoms with van der Waals surface area (Å²) >= 11 is 0. The van der Waals surface area contributed by atoms with E-state index in [-0.39, 0.29) is 12.4 Å². The number of aliphatic hydroxyl groups excluding tert-OH is 1. The van der Waals surface area contributed by atoms with Crippen LogP contribution in [0.3, 0.4) is 0 Å². The molecule has 0 aliphatic heterocycles. The topological polar surface area (TPSA) is 55.5 Å². The van der Waals surface area contributed by atoms with Crippen molar-refractivity contribution in [3.63, 3.8) is 0 Å². The normalized spacial score (nSPS) is 13.0. The van der Waals surface area contributed by atoms with E-state index in [0.29, 0.717) is 11.3 Å². The van der Waals surface area contributed by atoms with Crippen molar-refractivity contribution in [3.05, 3.63) is 59.7 Å². The summed E-state index contributed by atoms with van der Waals surface area (Å²) in [6.07, 6.45) is -5.53. The SMILES string of the molecule is Nc1ccc(C(O)COc2ccccc2C(F)(F)F)cc1. The molecule has 112 valence electrons. The van der Waals surface area contributed by atoms with Gasteiger partial charge in [0.05, 0.1) is 5.56 Å². The monoisotopic (exact) mass is 297 g/mol. The molecule has 0 bridgehead atoms. The van der Waals surface area contributed by atoms with Crippen LogP contribution in [0.25, 0.3) is 0 Å². The lowest BCUT2D eigenvalue weighted by molar-refractivity contribution is -0.139. The number of rotatable bonds is 4. The second-order valence-electron chi connectivity index (χ2n) is 4.49. The van der Waals surface area contributed by atoms with Crippen LogP contribution >= 0.6 is 0 Å². The van der Waals surface area contributed by atoms with E-state index in [1.807, 2.05) is 0 Å². The van der Waals surface area contributed by atoms with Crippen molar-refractivity contribution in [1.82, 2.24) is 0 Å². The molecule has 3 N–H and O–H groups in total. The highest BCUT2D eigenvalue weighted by molar-refractivity contribution is 5.40. The van der Waals surface area contributed by atoms with Gasteiger partial charge in [-0.3, -0.25) is 0 Å². The number of hydrogen-bond donors (Lipinski definition) is 2. The van der Waals surface area contributed by atoms with Crippen molar-refractivity contribution < 1.29 is 23.0 Å². The standard InChI is InChI=1S/C15H14F3NO2/c16-15(17,18)12-3-1-2-4-14(12)21-9-13(20)10-5-7-11(19)8-6-10/h1-8,13,20H,9,19H2. The van der Waals surface area contributed by atoms with Crippen molar-refractivity contribution in [3.8, 4) is 5.75 Å². The Bertz CT molecular complexity index is 597. The molecular formula is C15H14F3NO2. The van der Waals surface area contributed by atoms with Crippen molar-refractivity contribution in [1.29, 1.82) is 0 Å². The first-order valence-corrected chi connectivity index (χ1v) is 6.20. The van der Waals surface area contributed by atoms with E-state index in [1.54, 1.807) is 24.3 Å². The Morgan fingerprint density at radius 3 is 2.29 bits per heavy atom. The van der Waals surface area contributed by atoms with Gasteiger partial charge in [0.1, 0.15) is 18.5 Å². The third-order valence-electron chi connectivity index (χ3n) is 2.91. The zero-order valence-corrected chi connectivity index (χ0v) is 11.0. The molecule has 0 aliphatic rings. The minimum Gasteiger partial charge on any atom is -0.490 e. The van der Waals surface area contributed by atoms with Gasteiger partial charge in [-0.1, -0.05) is 24.3 Å². The maximum Gasteiger partial charge on any atom is 0.419 e. The van der Waals surface area contributed by atoms with Crippen LogP contribution in [-0.2, 0) is 6.18 Å². The fourth-order valence-corrected chi connectivity index (χ4v) is 1.81. The van der Waals surface area contributed by atoms with Crippen LogP contribution in [0, 0.1) is 0 Å². The van der Waals surface area contributed by atoms with Crippen molar-refractivity contribution in [2.75, 3.05) is 12.3 Å². The number of alkyl halides is 3. The molecule has 0 amide bonds. The van der Waals surface area contributed by atoms with Gasteiger partial charge in [0, 0.05) is 5.69 Å². The number of benzene rings is 2. The number of para-hydroxylation sites is 1. The van der Waals surface area contributed by atoms with Gasteiger partial charge in [0.25, 0.3) is 0 Å². The molecule has 3 nitrogen and oxygen atoms in total. The van der Waals surface area contributed by atoms with E-state index in [9.17, 15) is 18.3 Å². The summed E-state index contributed by atoms with van der Waals surface area (Å²) in [5, 5.41) is 9.92. The van der Waals surface area contributed by atoms with E-state index in [0.717, 1.165) is 6.07 Å². The molecule has 1 atom stereocenters. The van der Waals surface area contributed by atoms with Crippen LogP contribution < -0.4 is 10.5 Å². The van der Waals surface area contributed by atoms with Crippen LogP contribution in [0.1, 0.15) is 17.2 Å². The quantitative estimate of drug-likeness (QED) is 0.850. The second kappa shape index (κ2) is 6.05. The highest BCUT2D eigenvalue weighted by atomic mass is 19.4. The van der Waals surface area contributed by atoms with Gasteiger partial charge in [-0.05, 0) is 29.8 Å². The number of nitrogen functional groups attached to an aromatic ring is 1. The lowest BCUT2D eigenvalue weighted by Crippen LogP contribution is -2.13. The van der Waals surface area contributed by atoms with Crippen LogP contribution in [0.4, 0.5) is 18.9 Å². The summed E-state index contributed by atoms with van der Waals surface area (Å²) < 4.78 is 43.5. The van der Waals surface area contributed by atoms with E-state index in [1.165, 1.54) is 18.2 Å². The Morgan fingerprint density at radius 1 is 1.05 bits per heavy atom. The molecule has 0 saturated heterocycles. The number of aliphatic hydroxyl groups is 1. The number of ether oxygens (including phenoxy) is 1. The molecule has 0 aliphatic carbocycles. The molecule has 0 spiro atoms. The Labute approximate surface area is 119 Å². The average molecular weight is 297 g/mol. The summed E-state index contributed by atoms with van der Waals surface area (Å²) in [7, 11) is 0. The van der Waals surface area contributed by atoms with Crippen LogP contribution in [0.2, 0.25) is 0 Å². The molecule has 2 aromatic rings. The summed E-state index contributed by atoms with van der Waals surface area (Å²) in [4.78, 5) is 0. The molecule has 6 heteroatoms. The number of anilines is 1. The Balaban J connectivity index is 2.08. The fourth-order valence-electron chi connectivity index (χ4n) is 1.81. The van der Waals surface area contributed by atoms with Gasteiger partial charge in [-0.2, -0.15) is 13.2 Å². The van der Waals surface area contributed by atoms with E-state index in [4.69, 9.17) is 10.5 Å². The Morgan fingerprint density at radius 2 is 1.67 bits per heavy atom. The van der Waals surface area contributed by atoms with Gasteiger partial charge >= 0.3 is 6.18 Å². The predicted octanol–water partition coefficient (Wildman–Crippen LogP) is 3.40. The first-order chi connectivity index (χ1) is 9.88. The fraction of sp³-hybridized carbons (Fsp3) is 0.200. The van der Waals surface area contributed by atoms with Gasteiger partial charge in [-0.15, -0.1) is 0 Å². The molecule has 0 fully saturated rings. The third-order valence-corrected chi connectivity index (χ3v) is 2.91. The molecule has 1 unspecified atom stereocenters. The number of halogens is 3. The summed E-state index contributed by atoms with van der Waals surface area (Å²) in [5.74, 6) is -0.306. The van der Waals surface area contributed by atoms with Gasteiger partial charge in [0.2, 0.25) is 0 Å². The van der Waals surface area contributed by atoms with Gasteiger partial charge < -0.3 is 15.6 Å². The Hall–Kier alpha value is -2.21. The second-order valence-corrected chi connectivity index (χ2v) is 4.49. The van der Waals surface area contributed by atoms with Gasteiger partial charge in [0.15, 0.2) is 0 Å². The van der Waals surface area contributed by atoms with Crippen molar-refractivity contribution in [2.45, 2.75) is 12.3 Å². The third kappa shape index (κ3) is 3.88. The largest absolute Gasteiger partial charge is 0.490 e. The van der Waals surface area contributed by atoms with E-state index in [2.05, 4.69) is 0 Å². The minimum absolute atomic E-state index is 0.281. The maximum atomic E-state index is 12.8. The maximum absolute atomic E-state index is 12.8. The van der Waals surface area contributed by atoms with Crippen LogP contribution in [-0.4, -0.2) is 11.7 Å². The molecular weight excluding hydrogens is 283 g/mol. The Kier molecular flexibility index (Phi) is 4.37. The summed E-state index contributed by atoms with van der Waals surface area (Å²) in [6.45, 7) is -0.281. The number of hydrogen-bond acceptors (Lipinski definition) is 3. The smallest absolute Gasteiger partial charge is 0.419 e. The highest BCUT2D eigenvalue weighted by Crippen LogP contribution is 2.36. The molecule has 21 heavy (non-hydrogen) atoms. The summed E-state index contributed by atoms with van der Waals surface area (Å²) in [5.41, 5.74) is 5.71. The average Bonchev–Trinajstić information content (AvgIpc) is 2.45. The first kappa shape index (κ1) is 15.2. The zero-order valence-electron chi connectivity index (χ0n) is 11.0. The van der Waals surface area contributed by atoms with Gasteiger partial charge in [-0.25, -0.2) is 0 Å². The first-order valence-electron chi connectivity index (χ1n) is 6.20.